The maximum absolute atomic E-state index is 11.7. The van der Waals surface area contributed by atoms with Gasteiger partial charge in [-0.25, -0.2) is 13.4 Å². The number of benzene rings is 1. The van der Waals surface area contributed by atoms with Gasteiger partial charge in [-0.3, -0.25) is 0 Å². The van der Waals surface area contributed by atoms with E-state index in [9.17, 15) is 13.7 Å². The fourth-order valence-electron chi connectivity index (χ4n) is 4.81. The maximum atomic E-state index is 11.7. The minimum atomic E-state index is -3.19. The molecule has 0 unspecified atom stereocenters. The van der Waals surface area contributed by atoms with Gasteiger partial charge in [-0.2, -0.15) is 5.26 Å². The van der Waals surface area contributed by atoms with Gasteiger partial charge in [-0.05, 0) is 56.3 Å². The van der Waals surface area contributed by atoms with Crippen LogP contribution in [0.15, 0.2) is 47.5 Å². The first-order valence-electron chi connectivity index (χ1n) is 11.3. The number of fused-ring (bicyclic) bond motifs is 1. The number of pyridine rings is 1. The fourth-order valence-corrected chi connectivity index (χ4v) is 5.44. The van der Waals surface area contributed by atoms with Crippen molar-refractivity contribution in [2.24, 2.45) is 0 Å². The lowest BCUT2D eigenvalue weighted by Crippen LogP contribution is -2.46. The molecule has 0 bridgehead atoms. The minimum Gasteiger partial charge on any atom is -0.368 e. The molecule has 2 aromatic heterocycles. The molecular weight excluding hydrogens is 436 g/mol. The van der Waals surface area contributed by atoms with Crippen LogP contribution in [0, 0.1) is 11.3 Å². The first kappa shape index (κ1) is 21.7. The summed E-state index contributed by atoms with van der Waals surface area (Å²) in [5.74, 6) is 0.933. The quantitative estimate of drug-likeness (QED) is 0.620. The highest BCUT2D eigenvalue weighted by atomic mass is 32.2. The molecule has 172 valence electrons. The Morgan fingerprint density at radius 3 is 2.30 bits per heavy atom. The van der Waals surface area contributed by atoms with Crippen molar-refractivity contribution in [3.05, 3.63) is 48.2 Å². The number of nitriles is 1. The Morgan fingerprint density at radius 2 is 1.70 bits per heavy atom. The lowest BCUT2D eigenvalue weighted by Gasteiger charge is -2.37. The van der Waals surface area contributed by atoms with Gasteiger partial charge in [0.05, 0.1) is 10.5 Å². The van der Waals surface area contributed by atoms with Crippen molar-refractivity contribution in [2.45, 2.75) is 29.8 Å². The standard InChI is InChI=1S/C24H28N6O2S/c1-26-18-13-20(14-18)30-16-17(15-25)22-7-8-23(27-24(22)30)29-11-9-28(10-12-29)19-3-5-21(6-4-19)33(2,31)32/h3-8,16,18,20,26H,9-14H2,1-2H3/t18-,20-. The molecule has 5 rings (SSSR count). The summed E-state index contributed by atoms with van der Waals surface area (Å²) >= 11 is 0. The smallest absolute Gasteiger partial charge is 0.175 e. The van der Waals surface area contributed by atoms with Crippen LogP contribution in [0.5, 0.6) is 0 Å². The van der Waals surface area contributed by atoms with Gasteiger partial charge in [0.15, 0.2) is 9.84 Å². The number of aromatic nitrogens is 2. The van der Waals surface area contributed by atoms with Gasteiger partial charge in [0.25, 0.3) is 0 Å². The number of sulfone groups is 1. The van der Waals surface area contributed by atoms with E-state index in [-0.39, 0.29) is 0 Å². The molecule has 0 spiro atoms. The molecular formula is C24H28N6O2S. The summed E-state index contributed by atoms with van der Waals surface area (Å²) in [7, 11) is -1.19. The molecule has 1 aromatic carbocycles. The van der Waals surface area contributed by atoms with Crippen LogP contribution in [0.2, 0.25) is 0 Å². The molecule has 1 saturated carbocycles. The van der Waals surface area contributed by atoms with Crippen LogP contribution in [0.25, 0.3) is 11.0 Å². The molecule has 1 aliphatic heterocycles. The average molecular weight is 465 g/mol. The fraction of sp³-hybridized carbons (Fsp3) is 0.417. The van der Waals surface area contributed by atoms with E-state index in [0.29, 0.717) is 22.5 Å². The molecule has 2 fully saturated rings. The molecule has 1 aliphatic carbocycles. The van der Waals surface area contributed by atoms with E-state index in [4.69, 9.17) is 4.98 Å². The first-order chi connectivity index (χ1) is 15.9. The topological polar surface area (TPSA) is 94.3 Å². The first-order valence-corrected chi connectivity index (χ1v) is 13.2. The second-order valence-corrected chi connectivity index (χ2v) is 11.0. The number of piperazine rings is 1. The molecule has 0 radical (unpaired) electrons. The predicted octanol–water partition coefficient (Wildman–Crippen LogP) is 2.56. The van der Waals surface area contributed by atoms with Gasteiger partial charge in [0, 0.05) is 61.8 Å². The second kappa shape index (κ2) is 8.36. The molecule has 3 aromatic rings. The van der Waals surface area contributed by atoms with E-state index in [1.807, 2.05) is 37.5 Å². The normalized spacial score (nSPS) is 21.1. The summed E-state index contributed by atoms with van der Waals surface area (Å²) in [5, 5.41) is 13.8. The number of rotatable bonds is 5. The molecule has 3 heterocycles. The van der Waals surface area contributed by atoms with Crippen LogP contribution >= 0.6 is 0 Å². The summed E-state index contributed by atoms with van der Waals surface area (Å²) in [6.07, 6.45) is 5.28. The third-order valence-corrected chi connectivity index (χ3v) is 8.06. The van der Waals surface area contributed by atoms with Crippen molar-refractivity contribution in [1.82, 2.24) is 14.9 Å². The zero-order chi connectivity index (χ0) is 23.2. The summed E-state index contributed by atoms with van der Waals surface area (Å²) in [6.45, 7) is 3.30. The van der Waals surface area contributed by atoms with Gasteiger partial charge in [-0.15, -0.1) is 0 Å². The third kappa shape index (κ3) is 4.05. The molecule has 1 N–H and O–H groups in total. The Morgan fingerprint density at radius 1 is 1.03 bits per heavy atom. The zero-order valence-electron chi connectivity index (χ0n) is 18.9. The van der Waals surface area contributed by atoms with Crippen LogP contribution in [0.3, 0.4) is 0 Å². The van der Waals surface area contributed by atoms with Crippen LogP contribution in [-0.2, 0) is 9.84 Å². The maximum Gasteiger partial charge on any atom is 0.175 e. The van der Waals surface area contributed by atoms with E-state index in [0.717, 1.165) is 61.6 Å². The Kier molecular flexibility index (Phi) is 5.51. The number of hydrogen-bond acceptors (Lipinski definition) is 7. The molecule has 1 saturated heterocycles. The summed E-state index contributed by atoms with van der Waals surface area (Å²) in [5.41, 5.74) is 2.60. The van der Waals surface area contributed by atoms with E-state index in [2.05, 4.69) is 25.8 Å². The van der Waals surface area contributed by atoms with Crippen LogP contribution in [0.1, 0.15) is 24.4 Å². The Bertz CT molecular complexity index is 1310. The van der Waals surface area contributed by atoms with Crippen LogP contribution in [0.4, 0.5) is 11.5 Å². The van der Waals surface area contributed by atoms with Crippen molar-refractivity contribution >= 4 is 32.4 Å². The molecule has 0 amide bonds. The number of anilines is 2. The summed E-state index contributed by atoms with van der Waals surface area (Å²) in [6, 6.07) is 14.4. The largest absolute Gasteiger partial charge is 0.368 e. The van der Waals surface area contributed by atoms with Gasteiger partial charge >= 0.3 is 0 Å². The molecule has 8 nitrogen and oxygen atoms in total. The Hall–Kier alpha value is -3.09. The van der Waals surface area contributed by atoms with Crippen molar-refractivity contribution in [3.8, 4) is 6.07 Å². The minimum absolute atomic E-state index is 0.342. The van der Waals surface area contributed by atoms with E-state index >= 15 is 0 Å². The third-order valence-electron chi connectivity index (χ3n) is 6.93. The monoisotopic (exact) mass is 464 g/mol. The van der Waals surface area contributed by atoms with E-state index in [1.165, 1.54) is 6.26 Å². The number of hydrogen-bond donors (Lipinski definition) is 1. The summed E-state index contributed by atoms with van der Waals surface area (Å²) in [4.78, 5) is 9.88. The highest BCUT2D eigenvalue weighted by molar-refractivity contribution is 7.90. The number of nitrogens with zero attached hydrogens (tertiary/aromatic N) is 5. The lowest BCUT2D eigenvalue weighted by atomic mass is 9.87. The highest BCUT2D eigenvalue weighted by Crippen LogP contribution is 2.36. The van der Waals surface area contributed by atoms with Gasteiger partial charge < -0.3 is 19.7 Å². The average Bonchev–Trinajstić information content (AvgIpc) is 3.16. The van der Waals surface area contributed by atoms with Crippen LogP contribution < -0.4 is 15.1 Å². The van der Waals surface area contributed by atoms with Crippen molar-refractivity contribution in [1.29, 1.82) is 5.26 Å². The molecule has 2 aliphatic rings. The van der Waals surface area contributed by atoms with Crippen molar-refractivity contribution in [3.63, 3.8) is 0 Å². The zero-order valence-corrected chi connectivity index (χ0v) is 19.7. The van der Waals surface area contributed by atoms with Gasteiger partial charge in [0.2, 0.25) is 0 Å². The molecule has 9 heteroatoms. The Labute approximate surface area is 194 Å². The van der Waals surface area contributed by atoms with Gasteiger partial charge in [0.1, 0.15) is 17.5 Å². The van der Waals surface area contributed by atoms with Crippen LogP contribution in [-0.4, -0.2) is 63.5 Å². The van der Waals surface area contributed by atoms with Crippen molar-refractivity contribution < 1.29 is 8.42 Å². The SMILES string of the molecule is CN[C@H]1C[C@H](n2cc(C#N)c3ccc(N4CCN(c5ccc(S(C)(=O)=O)cc5)CC4)nc32)C1. The predicted molar refractivity (Wildman–Crippen MR) is 130 cm³/mol. The van der Waals surface area contributed by atoms with Crippen molar-refractivity contribution in [2.75, 3.05) is 49.3 Å². The molecule has 33 heavy (non-hydrogen) atoms. The molecule has 0 atom stereocenters. The van der Waals surface area contributed by atoms with E-state index < -0.39 is 9.84 Å². The van der Waals surface area contributed by atoms with E-state index in [1.54, 1.807) is 12.1 Å². The second-order valence-electron chi connectivity index (χ2n) is 8.95. The lowest BCUT2D eigenvalue weighted by molar-refractivity contribution is 0.240. The Balaban J connectivity index is 1.33. The van der Waals surface area contributed by atoms with Gasteiger partial charge in [-0.1, -0.05) is 0 Å². The highest BCUT2D eigenvalue weighted by Gasteiger charge is 2.31. The summed E-state index contributed by atoms with van der Waals surface area (Å²) < 4.78 is 25.6. The number of nitrogens with one attached hydrogen (secondary N) is 1.